The summed E-state index contributed by atoms with van der Waals surface area (Å²) in [7, 11) is 0. The Bertz CT molecular complexity index is 161. The first-order chi connectivity index (χ1) is 5.61. The van der Waals surface area contributed by atoms with Gasteiger partial charge in [0.25, 0.3) is 0 Å². The molecule has 0 saturated heterocycles. The van der Waals surface area contributed by atoms with Gasteiger partial charge in [0.15, 0.2) is 0 Å². The largest absolute Gasteiger partial charge is 0.376 e. The molecule has 0 bridgehead atoms. The van der Waals surface area contributed by atoms with Crippen LogP contribution in [-0.4, -0.2) is 5.37 Å². The van der Waals surface area contributed by atoms with Gasteiger partial charge in [-0.05, 0) is 19.8 Å². The fraction of sp³-hybridized carbons (Fsp3) is 0.800. The fourth-order valence-corrected chi connectivity index (χ4v) is 2.38. The van der Waals surface area contributed by atoms with E-state index in [1.807, 2.05) is 25.6 Å². The van der Waals surface area contributed by atoms with Crippen molar-refractivity contribution in [3.05, 3.63) is 10.6 Å². The van der Waals surface area contributed by atoms with E-state index in [0.29, 0.717) is 11.3 Å². The minimum atomic E-state index is 0.581. The van der Waals surface area contributed by atoms with Gasteiger partial charge in [-0.1, -0.05) is 27.7 Å². The molecular formula is C10H21NS. The lowest BCUT2D eigenvalue weighted by molar-refractivity contribution is 0.775. The maximum absolute atomic E-state index is 3.39. The van der Waals surface area contributed by atoms with E-state index in [-0.39, 0.29) is 0 Å². The molecule has 72 valence electrons. The Labute approximate surface area is 81.0 Å². The molecule has 1 atom stereocenters. The zero-order valence-electron chi connectivity index (χ0n) is 9.06. The van der Waals surface area contributed by atoms with E-state index in [9.17, 15) is 0 Å². The van der Waals surface area contributed by atoms with Crippen molar-refractivity contribution in [2.75, 3.05) is 0 Å². The van der Waals surface area contributed by atoms with Crippen LogP contribution in [-0.2, 0) is 0 Å². The number of hydrogen-bond donors (Lipinski definition) is 1. The average molecular weight is 187 g/mol. The highest BCUT2D eigenvalue weighted by molar-refractivity contribution is 8.03. The molecule has 1 aliphatic rings. The second kappa shape index (κ2) is 5.52. The Kier molecular flexibility index (Phi) is 5.47. The first kappa shape index (κ1) is 11.9. The molecule has 1 unspecified atom stereocenters. The van der Waals surface area contributed by atoms with Crippen molar-refractivity contribution in [2.45, 2.75) is 46.9 Å². The van der Waals surface area contributed by atoms with Crippen LogP contribution in [0.2, 0.25) is 0 Å². The van der Waals surface area contributed by atoms with Crippen LogP contribution in [0.1, 0.15) is 41.5 Å². The number of allylic oxidation sites excluding steroid dienone is 2. The lowest BCUT2D eigenvalue weighted by Crippen LogP contribution is -2.14. The van der Waals surface area contributed by atoms with Crippen LogP contribution in [0.5, 0.6) is 0 Å². The standard InChI is InChI=1S/C8H15NS.C2H6/c1-5(2)8-6(3)9-7(4)10-8;1-2/h5,7,9H,1-4H3;1-2H3. The lowest BCUT2D eigenvalue weighted by Gasteiger charge is -2.04. The highest BCUT2D eigenvalue weighted by Crippen LogP contribution is 2.34. The minimum absolute atomic E-state index is 0.581. The van der Waals surface area contributed by atoms with Gasteiger partial charge in [0.2, 0.25) is 0 Å². The predicted molar refractivity (Wildman–Crippen MR) is 59.1 cm³/mol. The van der Waals surface area contributed by atoms with E-state index >= 15 is 0 Å². The lowest BCUT2D eigenvalue weighted by atomic mass is 10.2. The molecule has 1 heterocycles. The summed E-state index contributed by atoms with van der Waals surface area (Å²) in [6.45, 7) is 12.8. The molecule has 0 aromatic carbocycles. The van der Waals surface area contributed by atoms with Crippen molar-refractivity contribution in [3.8, 4) is 0 Å². The summed E-state index contributed by atoms with van der Waals surface area (Å²) in [6, 6.07) is 0. The van der Waals surface area contributed by atoms with Gasteiger partial charge in [-0.15, -0.1) is 11.8 Å². The maximum atomic E-state index is 3.39. The monoisotopic (exact) mass is 187 g/mol. The summed E-state index contributed by atoms with van der Waals surface area (Å²) in [6.07, 6.45) is 0. The van der Waals surface area contributed by atoms with Crippen molar-refractivity contribution in [1.29, 1.82) is 0 Å². The minimum Gasteiger partial charge on any atom is -0.376 e. The Morgan fingerprint density at radius 3 is 2.00 bits per heavy atom. The van der Waals surface area contributed by atoms with E-state index in [1.54, 1.807) is 0 Å². The highest BCUT2D eigenvalue weighted by Gasteiger charge is 2.19. The van der Waals surface area contributed by atoms with Gasteiger partial charge in [0, 0.05) is 10.6 Å². The third-order valence-electron chi connectivity index (χ3n) is 1.62. The Hall–Kier alpha value is -0.110. The van der Waals surface area contributed by atoms with E-state index < -0.39 is 0 Å². The van der Waals surface area contributed by atoms with Crippen LogP contribution >= 0.6 is 11.8 Å². The molecule has 0 saturated carbocycles. The molecule has 0 amide bonds. The van der Waals surface area contributed by atoms with Crippen LogP contribution in [0.4, 0.5) is 0 Å². The van der Waals surface area contributed by atoms with Crippen molar-refractivity contribution >= 4 is 11.8 Å². The zero-order valence-corrected chi connectivity index (χ0v) is 9.88. The third kappa shape index (κ3) is 3.10. The van der Waals surface area contributed by atoms with Gasteiger partial charge in [-0.25, -0.2) is 0 Å². The Morgan fingerprint density at radius 1 is 1.33 bits per heavy atom. The molecule has 1 aliphatic heterocycles. The Morgan fingerprint density at radius 2 is 1.83 bits per heavy atom. The Balaban J connectivity index is 0.000000561. The van der Waals surface area contributed by atoms with Crippen molar-refractivity contribution in [3.63, 3.8) is 0 Å². The van der Waals surface area contributed by atoms with E-state index in [4.69, 9.17) is 0 Å². The number of nitrogens with one attached hydrogen (secondary N) is 1. The second-order valence-electron chi connectivity index (χ2n) is 3.05. The summed E-state index contributed by atoms with van der Waals surface area (Å²) in [5, 5.41) is 3.97. The molecule has 2 heteroatoms. The number of rotatable bonds is 1. The zero-order chi connectivity index (χ0) is 9.72. The smallest absolute Gasteiger partial charge is 0.0735 e. The molecule has 1 rings (SSSR count). The second-order valence-corrected chi connectivity index (χ2v) is 4.43. The summed E-state index contributed by atoms with van der Waals surface area (Å²) in [4.78, 5) is 1.52. The van der Waals surface area contributed by atoms with Gasteiger partial charge >= 0.3 is 0 Å². The molecule has 1 nitrogen and oxygen atoms in total. The van der Waals surface area contributed by atoms with Crippen LogP contribution in [0.15, 0.2) is 10.6 Å². The summed E-state index contributed by atoms with van der Waals surface area (Å²) in [5.74, 6) is 0.683. The molecule has 1 N–H and O–H groups in total. The maximum Gasteiger partial charge on any atom is 0.0735 e. The summed E-state index contributed by atoms with van der Waals surface area (Å²) < 4.78 is 0. The quantitative estimate of drug-likeness (QED) is 0.673. The molecule has 0 fully saturated rings. The fourth-order valence-electron chi connectivity index (χ4n) is 1.25. The number of thioether (sulfide) groups is 1. The molecule has 0 aliphatic carbocycles. The van der Waals surface area contributed by atoms with Crippen LogP contribution < -0.4 is 5.32 Å². The average Bonchev–Trinajstić information content (AvgIpc) is 2.34. The van der Waals surface area contributed by atoms with Crippen LogP contribution in [0.3, 0.4) is 0 Å². The van der Waals surface area contributed by atoms with E-state index in [1.165, 1.54) is 10.6 Å². The number of hydrogen-bond acceptors (Lipinski definition) is 2. The first-order valence-electron chi connectivity index (χ1n) is 4.75. The van der Waals surface area contributed by atoms with Crippen molar-refractivity contribution < 1.29 is 0 Å². The van der Waals surface area contributed by atoms with Gasteiger partial charge in [0.1, 0.15) is 0 Å². The molecular weight excluding hydrogens is 166 g/mol. The SMILES string of the molecule is CC.CC1=C(C(C)C)SC(C)N1. The van der Waals surface area contributed by atoms with Crippen molar-refractivity contribution in [2.24, 2.45) is 5.92 Å². The van der Waals surface area contributed by atoms with Crippen LogP contribution in [0.25, 0.3) is 0 Å². The molecule has 12 heavy (non-hydrogen) atoms. The molecule has 0 spiro atoms. The van der Waals surface area contributed by atoms with Crippen LogP contribution in [0, 0.1) is 5.92 Å². The topological polar surface area (TPSA) is 12.0 Å². The predicted octanol–water partition coefficient (Wildman–Crippen LogP) is 3.58. The van der Waals surface area contributed by atoms with Gasteiger partial charge in [-0.3, -0.25) is 0 Å². The van der Waals surface area contributed by atoms with Crippen molar-refractivity contribution in [1.82, 2.24) is 5.32 Å². The molecule has 0 aromatic heterocycles. The van der Waals surface area contributed by atoms with Gasteiger partial charge < -0.3 is 5.32 Å². The normalized spacial score (nSPS) is 22.1. The molecule has 0 radical (unpaired) electrons. The van der Waals surface area contributed by atoms with E-state index in [0.717, 1.165) is 0 Å². The third-order valence-corrected chi connectivity index (χ3v) is 3.12. The summed E-state index contributed by atoms with van der Waals surface area (Å²) >= 11 is 1.95. The first-order valence-corrected chi connectivity index (χ1v) is 5.63. The molecule has 0 aromatic rings. The summed E-state index contributed by atoms with van der Waals surface area (Å²) in [5.41, 5.74) is 1.37. The van der Waals surface area contributed by atoms with Gasteiger partial charge in [-0.2, -0.15) is 0 Å². The van der Waals surface area contributed by atoms with Gasteiger partial charge in [0.05, 0.1) is 5.37 Å². The highest BCUT2D eigenvalue weighted by atomic mass is 32.2. The van der Waals surface area contributed by atoms with E-state index in [2.05, 4.69) is 33.0 Å².